The fourth-order valence-corrected chi connectivity index (χ4v) is 7.71. The standard InChI is InChI=1S/C30H43NO3/c1-8-27(4,25(31)34)13-11-26(3)12-16-30(7)23-10-9-20-19(2)24(33)22(32)17-21(20)29(23,6)15-14-28(30,5)18-26/h9-10,17,33H,8,11-16,18H2,1-7H3,(H2,31,34)/t26-,27+,28+,29+,30-/m1/s1. The van der Waals surface area contributed by atoms with Crippen LogP contribution in [0.5, 0.6) is 0 Å². The van der Waals surface area contributed by atoms with Gasteiger partial charge in [-0.1, -0.05) is 59.3 Å². The Balaban J connectivity index is 1.67. The van der Waals surface area contributed by atoms with Gasteiger partial charge >= 0.3 is 0 Å². The number of nitrogens with two attached hydrogens (primary N) is 1. The number of amides is 1. The molecule has 186 valence electrons. The molecule has 4 aliphatic carbocycles. The van der Waals surface area contributed by atoms with Crippen LogP contribution in [0.3, 0.4) is 0 Å². The van der Waals surface area contributed by atoms with E-state index >= 15 is 0 Å². The predicted octanol–water partition coefficient (Wildman–Crippen LogP) is 6.88. The van der Waals surface area contributed by atoms with Crippen molar-refractivity contribution < 1.29 is 14.7 Å². The largest absolute Gasteiger partial charge is 0.504 e. The molecule has 2 saturated carbocycles. The molecule has 5 atom stereocenters. The first-order chi connectivity index (χ1) is 15.6. The van der Waals surface area contributed by atoms with Crippen molar-refractivity contribution in [2.45, 2.75) is 99.8 Å². The van der Waals surface area contributed by atoms with Gasteiger partial charge in [0, 0.05) is 16.4 Å². The highest BCUT2D eigenvalue weighted by Gasteiger charge is 2.61. The molecule has 0 spiro atoms. The summed E-state index contributed by atoms with van der Waals surface area (Å²) in [7, 11) is 0. The number of aliphatic hydroxyl groups excluding tert-OH is 1. The van der Waals surface area contributed by atoms with Gasteiger partial charge in [0.1, 0.15) is 0 Å². The van der Waals surface area contributed by atoms with Gasteiger partial charge in [0.25, 0.3) is 0 Å². The van der Waals surface area contributed by atoms with Crippen molar-refractivity contribution >= 4 is 11.7 Å². The summed E-state index contributed by atoms with van der Waals surface area (Å²) in [4.78, 5) is 24.7. The van der Waals surface area contributed by atoms with Gasteiger partial charge in [0.05, 0.1) is 0 Å². The summed E-state index contributed by atoms with van der Waals surface area (Å²) in [6, 6.07) is 0. The Bertz CT molecular complexity index is 1080. The maximum Gasteiger partial charge on any atom is 0.223 e. The summed E-state index contributed by atoms with van der Waals surface area (Å²) in [5.74, 6) is -0.569. The molecule has 0 radical (unpaired) electrons. The van der Waals surface area contributed by atoms with Gasteiger partial charge in [-0.25, -0.2) is 0 Å². The summed E-state index contributed by atoms with van der Waals surface area (Å²) >= 11 is 0. The van der Waals surface area contributed by atoms with Gasteiger partial charge in [0.2, 0.25) is 11.7 Å². The Hall–Kier alpha value is -2.10. The van der Waals surface area contributed by atoms with Crippen molar-refractivity contribution in [1.29, 1.82) is 0 Å². The summed E-state index contributed by atoms with van der Waals surface area (Å²) in [5.41, 5.74) is 9.78. The Morgan fingerprint density at radius 2 is 1.79 bits per heavy atom. The third-order valence-electron chi connectivity index (χ3n) is 11.0. The molecule has 4 rings (SSSR count). The van der Waals surface area contributed by atoms with Crippen molar-refractivity contribution in [2.24, 2.45) is 32.8 Å². The molecule has 34 heavy (non-hydrogen) atoms. The van der Waals surface area contributed by atoms with Crippen LogP contribution >= 0.6 is 0 Å². The molecule has 0 aromatic heterocycles. The van der Waals surface area contributed by atoms with Crippen molar-refractivity contribution in [3.8, 4) is 0 Å². The number of carbonyl (C=O) groups is 2. The van der Waals surface area contributed by atoms with E-state index in [1.165, 1.54) is 5.57 Å². The quantitative estimate of drug-likeness (QED) is 0.464. The van der Waals surface area contributed by atoms with E-state index in [4.69, 9.17) is 5.73 Å². The van der Waals surface area contributed by atoms with Crippen LogP contribution in [0.1, 0.15) is 99.8 Å². The van der Waals surface area contributed by atoms with Gasteiger partial charge in [-0.2, -0.15) is 0 Å². The van der Waals surface area contributed by atoms with Gasteiger partial charge in [-0.3, -0.25) is 9.59 Å². The summed E-state index contributed by atoms with van der Waals surface area (Å²) < 4.78 is 0. The fraction of sp³-hybridized carbons (Fsp3) is 0.667. The Morgan fingerprint density at radius 1 is 1.12 bits per heavy atom. The lowest BCUT2D eigenvalue weighted by Crippen LogP contribution is -2.55. The number of carbonyl (C=O) groups excluding carboxylic acids is 2. The first kappa shape index (κ1) is 25.0. The molecule has 0 aliphatic heterocycles. The van der Waals surface area contributed by atoms with Gasteiger partial charge < -0.3 is 10.8 Å². The molecule has 0 aromatic rings. The molecule has 0 saturated heterocycles. The maximum atomic E-state index is 12.5. The van der Waals surface area contributed by atoms with Crippen LogP contribution in [0, 0.1) is 27.1 Å². The predicted molar refractivity (Wildman–Crippen MR) is 137 cm³/mol. The number of allylic oxidation sites excluding steroid dienone is 7. The Kier molecular flexibility index (Phi) is 5.66. The maximum absolute atomic E-state index is 12.5. The number of ketones is 1. The SMILES string of the molecule is CC[C@@](C)(CC[C@]1(C)CC[C@]2(C)C3=CC=C4C(=CC(=O)C(O)=C4C)[C@]3(C)CC[C@@]2(C)C1)C(N)=O. The Labute approximate surface area is 205 Å². The zero-order chi connectivity index (χ0) is 25.3. The van der Waals surface area contributed by atoms with Crippen LogP contribution in [0.4, 0.5) is 0 Å². The smallest absolute Gasteiger partial charge is 0.223 e. The third kappa shape index (κ3) is 3.38. The number of hydrogen-bond acceptors (Lipinski definition) is 3. The Morgan fingerprint density at radius 3 is 2.41 bits per heavy atom. The molecular formula is C30H43NO3. The number of aliphatic hydroxyl groups is 1. The summed E-state index contributed by atoms with van der Waals surface area (Å²) in [6.07, 6.45) is 14.2. The van der Waals surface area contributed by atoms with Gasteiger partial charge in [-0.15, -0.1) is 0 Å². The first-order valence-electron chi connectivity index (χ1n) is 13.0. The van der Waals surface area contributed by atoms with Gasteiger partial charge in [0.15, 0.2) is 5.76 Å². The van der Waals surface area contributed by atoms with Crippen molar-refractivity contribution in [2.75, 3.05) is 0 Å². The van der Waals surface area contributed by atoms with E-state index in [2.05, 4.69) is 46.8 Å². The molecule has 0 bridgehead atoms. The van der Waals surface area contributed by atoms with Gasteiger partial charge in [-0.05, 0) is 91.8 Å². The average Bonchev–Trinajstić information content (AvgIpc) is 2.78. The molecule has 4 nitrogen and oxygen atoms in total. The molecule has 0 unspecified atom stereocenters. The van der Waals surface area contributed by atoms with E-state index in [0.29, 0.717) is 5.57 Å². The van der Waals surface area contributed by atoms with Crippen LogP contribution in [-0.2, 0) is 9.59 Å². The van der Waals surface area contributed by atoms with Crippen molar-refractivity contribution in [1.82, 2.24) is 0 Å². The normalized spacial score (nSPS) is 39.1. The zero-order valence-electron chi connectivity index (χ0n) is 22.2. The average molecular weight is 466 g/mol. The second-order valence-corrected chi connectivity index (χ2v) is 13.0. The zero-order valence-corrected chi connectivity index (χ0v) is 22.2. The second-order valence-electron chi connectivity index (χ2n) is 13.0. The lowest BCUT2D eigenvalue weighted by molar-refractivity contribution is -0.128. The minimum atomic E-state index is -0.431. The molecular weight excluding hydrogens is 422 g/mol. The highest BCUT2D eigenvalue weighted by molar-refractivity contribution is 6.06. The van der Waals surface area contributed by atoms with E-state index in [9.17, 15) is 14.7 Å². The number of rotatable bonds is 5. The van der Waals surface area contributed by atoms with Crippen LogP contribution in [0.15, 0.2) is 46.3 Å². The van der Waals surface area contributed by atoms with Crippen LogP contribution in [-0.4, -0.2) is 16.8 Å². The minimum absolute atomic E-state index is 0.0419. The second kappa shape index (κ2) is 7.70. The molecule has 0 aromatic carbocycles. The third-order valence-corrected chi connectivity index (χ3v) is 11.0. The highest BCUT2D eigenvalue weighted by atomic mass is 16.3. The van der Waals surface area contributed by atoms with E-state index in [0.717, 1.165) is 62.5 Å². The molecule has 0 heterocycles. The minimum Gasteiger partial charge on any atom is -0.504 e. The summed E-state index contributed by atoms with van der Waals surface area (Å²) in [5, 5.41) is 10.3. The molecule has 2 fully saturated rings. The summed E-state index contributed by atoms with van der Waals surface area (Å²) in [6.45, 7) is 15.6. The fourth-order valence-electron chi connectivity index (χ4n) is 7.71. The monoisotopic (exact) mass is 465 g/mol. The van der Waals surface area contributed by atoms with E-state index in [1.807, 2.05) is 13.8 Å². The van der Waals surface area contributed by atoms with E-state index in [1.54, 1.807) is 6.08 Å². The number of hydrogen-bond donors (Lipinski definition) is 2. The molecule has 3 N–H and O–H groups in total. The van der Waals surface area contributed by atoms with Crippen LogP contribution in [0.2, 0.25) is 0 Å². The van der Waals surface area contributed by atoms with Crippen molar-refractivity contribution in [3.63, 3.8) is 0 Å². The number of primary amides is 1. The topological polar surface area (TPSA) is 80.4 Å². The molecule has 1 amide bonds. The molecule has 4 aliphatic rings. The van der Waals surface area contributed by atoms with E-state index < -0.39 is 5.41 Å². The van der Waals surface area contributed by atoms with Crippen molar-refractivity contribution in [3.05, 3.63) is 46.3 Å². The van der Waals surface area contributed by atoms with Crippen LogP contribution < -0.4 is 5.73 Å². The molecule has 4 heteroatoms. The highest BCUT2D eigenvalue weighted by Crippen LogP contribution is 2.71. The number of fused-ring (bicyclic) bond motifs is 5. The van der Waals surface area contributed by atoms with E-state index in [-0.39, 0.29) is 39.1 Å². The lowest BCUT2D eigenvalue weighted by Gasteiger charge is -2.64. The van der Waals surface area contributed by atoms with Crippen LogP contribution in [0.25, 0.3) is 0 Å². The first-order valence-corrected chi connectivity index (χ1v) is 13.0. The lowest BCUT2D eigenvalue weighted by atomic mass is 9.39.